The van der Waals surface area contributed by atoms with E-state index in [2.05, 4.69) is 4.98 Å². The molecule has 0 aliphatic carbocycles. The number of nitrogens with two attached hydrogens (primary N) is 1. The number of nitrogen functional groups attached to an aromatic ring is 1. The molecule has 2 rings (SSSR count). The maximum Gasteiger partial charge on any atom is 0.166 e. The van der Waals surface area contributed by atoms with Gasteiger partial charge in [-0.05, 0) is 18.6 Å². The molecule has 3 nitrogen and oxygen atoms in total. The number of aryl methyl sites for hydroxylation is 1. The summed E-state index contributed by atoms with van der Waals surface area (Å²) in [4.78, 5) is 13.6. The lowest BCUT2D eigenvalue weighted by Gasteiger charge is -1.94. The van der Waals surface area contributed by atoms with E-state index in [0.29, 0.717) is 11.4 Å². The van der Waals surface area contributed by atoms with Gasteiger partial charge in [0.05, 0.1) is 16.9 Å². The smallest absolute Gasteiger partial charge is 0.166 e. The minimum atomic E-state index is 0.605. The largest absolute Gasteiger partial charge is 0.397 e. The van der Waals surface area contributed by atoms with Crippen LogP contribution in [0.15, 0.2) is 18.2 Å². The lowest BCUT2D eigenvalue weighted by Crippen LogP contribution is -1.85. The Bertz CT molecular complexity index is 471. The highest BCUT2D eigenvalue weighted by Gasteiger charge is 2.07. The average Bonchev–Trinajstić information content (AvgIpc) is 2.45. The molecule has 0 amide bonds. The first kappa shape index (κ1) is 7.86. The number of fused-ring (bicyclic) bond motifs is 1. The van der Waals surface area contributed by atoms with Gasteiger partial charge in [-0.1, -0.05) is 12.1 Å². The molecule has 1 heterocycles. The van der Waals surface area contributed by atoms with Crippen molar-refractivity contribution in [2.75, 3.05) is 5.73 Å². The van der Waals surface area contributed by atoms with E-state index < -0.39 is 0 Å². The zero-order valence-electron chi connectivity index (χ0n) is 7.29. The normalized spacial score (nSPS) is 10.5. The van der Waals surface area contributed by atoms with Gasteiger partial charge >= 0.3 is 0 Å². The number of hydrogen-bond acceptors (Lipinski definition) is 2. The maximum atomic E-state index is 10.6. The van der Waals surface area contributed by atoms with E-state index in [9.17, 15) is 4.79 Å². The molecule has 0 fully saturated rings. The van der Waals surface area contributed by atoms with E-state index in [1.165, 1.54) is 0 Å². The van der Waals surface area contributed by atoms with E-state index in [0.717, 1.165) is 22.8 Å². The van der Waals surface area contributed by atoms with Gasteiger partial charge in [0.15, 0.2) is 6.29 Å². The number of aldehydes is 1. The van der Waals surface area contributed by atoms with Gasteiger partial charge in [-0.25, -0.2) is 0 Å². The molecular weight excluding hydrogens is 164 g/mol. The summed E-state index contributed by atoms with van der Waals surface area (Å²) in [5, 5.41) is 1.02. The van der Waals surface area contributed by atoms with Crippen LogP contribution in [-0.2, 0) is 0 Å². The van der Waals surface area contributed by atoms with E-state index >= 15 is 0 Å². The van der Waals surface area contributed by atoms with Gasteiger partial charge in [-0.15, -0.1) is 0 Å². The Morgan fingerprint density at radius 1 is 1.46 bits per heavy atom. The molecule has 0 spiro atoms. The molecular formula is C10H10N2O. The lowest BCUT2D eigenvalue weighted by atomic mass is 10.1. The molecule has 0 aliphatic rings. The Hall–Kier alpha value is -1.77. The van der Waals surface area contributed by atoms with Crippen LogP contribution in [-0.4, -0.2) is 11.3 Å². The molecule has 0 unspecified atom stereocenters. The van der Waals surface area contributed by atoms with Crippen molar-refractivity contribution < 1.29 is 4.79 Å². The minimum absolute atomic E-state index is 0.605. The standard InChI is InChI=1S/C10H10N2O/c1-6-7-3-2-4-8(11)10(7)12-9(6)5-13/h2-5,12H,11H2,1H3. The molecule has 0 aliphatic heterocycles. The number of carbonyl (C=O) groups excluding carboxylic acids is 1. The second kappa shape index (κ2) is 2.62. The van der Waals surface area contributed by atoms with Gasteiger partial charge in [0.1, 0.15) is 0 Å². The summed E-state index contributed by atoms with van der Waals surface area (Å²) >= 11 is 0. The van der Waals surface area contributed by atoms with Crippen molar-refractivity contribution in [1.29, 1.82) is 0 Å². The van der Waals surface area contributed by atoms with Crippen LogP contribution in [0, 0.1) is 6.92 Å². The van der Waals surface area contributed by atoms with Crippen LogP contribution in [0.1, 0.15) is 16.1 Å². The van der Waals surface area contributed by atoms with Crippen molar-refractivity contribution >= 4 is 22.9 Å². The predicted molar refractivity (Wildman–Crippen MR) is 52.8 cm³/mol. The van der Waals surface area contributed by atoms with Crippen LogP contribution in [0.3, 0.4) is 0 Å². The van der Waals surface area contributed by atoms with Gasteiger partial charge in [0, 0.05) is 5.39 Å². The van der Waals surface area contributed by atoms with E-state index in [-0.39, 0.29) is 0 Å². The number of rotatable bonds is 1. The zero-order valence-corrected chi connectivity index (χ0v) is 7.29. The molecule has 13 heavy (non-hydrogen) atoms. The van der Waals surface area contributed by atoms with Crippen molar-refractivity contribution in [3.05, 3.63) is 29.5 Å². The molecule has 2 aromatic rings. The highest BCUT2D eigenvalue weighted by molar-refractivity contribution is 5.97. The summed E-state index contributed by atoms with van der Waals surface area (Å²) in [5.41, 5.74) is 8.83. The van der Waals surface area contributed by atoms with Gasteiger partial charge < -0.3 is 10.7 Å². The Morgan fingerprint density at radius 2 is 2.23 bits per heavy atom. The average molecular weight is 174 g/mol. The number of aromatic nitrogens is 1. The fourth-order valence-corrected chi connectivity index (χ4v) is 1.51. The van der Waals surface area contributed by atoms with Crippen LogP contribution in [0.4, 0.5) is 5.69 Å². The van der Waals surface area contributed by atoms with E-state index in [1.54, 1.807) is 0 Å². The number of hydrogen-bond donors (Lipinski definition) is 2. The summed E-state index contributed by atoms with van der Waals surface area (Å²) in [6, 6.07) is 5.64. The van der Waals surface area contributed by atoms with Crippen LogP contribution in [0.5, 0.6) is 0 Å². The van der Waals surface area contributed by atoms with E-state index in [1.807, 2.05) is 25.1 Å². The first-order valence-electron chi connectivity index (χ1n) is 4.06. The van der Waals surface area contributed by atoms with Crippen molar-refractivity contribution in [2.24, 2.45) is 0 Å². The van der Waals surface area contributed by atoms with Crippen molar-refractivity contribution in [3.8, 4) is 0 Å². The first-order valence-corrected chi connectivity index (χ1v) is 4.06. The summed E-state index contributed by atoms with van der Waals surface area (Å²) < 4.78 is 0. The zero-order chi connectivity index (χ0) is 9.42. The van der Waals surface area contributed by atoms with Crippen LogP contribution < -0.4 is 5.73 Å². The number of H-pyrrole nitrogens is 1. The second-order valence-corrected chi connectivity index (χ2v) is 3.05. The third kappa shape index (κ3) is 1.01. The summed E-state index contributed by atoms with van der Waals surface area (Å²) in [6.45, 7) is 1.90. The number of carbonyl (C=O) groups is 1. The number of benzene rings is 1. The van der Waals surface area contributed by atoms with Gasteiger partial charge in [-0.2, -0.15) is 0 Å². The maximum absolute atomic E-state index is 10.6. The SMILES string of the molecule is Cc1c(C=O)[nH]c2c(N)cccc12. The van der Waals surface area contributed by atoms with Crippen LogP contribution in [0.2, 0.25) is 0 Å². The molecule has 1 aromatic carbocycles. The Balaban J connectivity index is 2.91. The highest BCUT2D eigenvalue weighted by Crippen LogP contribution is 2.24. The monoisotopic (exact) mass is 174 g/mol. The third-order valence-electron chi connectivity index (χ3n) is 2.28. The molecule has 0 saturated heterocycles. The molecule has 0 saturated carbocycles. The molecule has 0 radical (unpaired) electrons. The van der Waals surface area contributed by atoms with Gasteiger partial charge in [0.25, 0.3) is 0 Å². The molecule has 0 atom stereocenters. The number of aromatic amines is 1. The van der Waals surface area contributed by atoms with Crippen LogP contribution >= 0.6 is 0 Å². The van der Waals surface area contributed by atoms with Crippen molar-refractivity contribution in [1.82, 2.24) is 4.98 Å². The Morgan fingerprint density at radius 3 is 2.85 bits per heavy atom. The van der Waals surface area contributed by atoms with Gasteiger partial charge in [-0.3, -0.25) is 4.79 Å². The molecule has 0 bridgehead atoms. The number of anilines is 1. The van der Waals surface area contributed by atoms with Gasteiger partial charge in [0.2, 0.25) is 0 Å². The number of para-hydroxylation sites is 1. The first-order chi connectivity index (χ1) is 6.24. The predicted octanol–water partition coefficient (Wildman–Crippen LogP) is 1.87. The summed E-state index contributed by atoms with van der Waals surface area (Å²) in [6.07, 6.45) is 0.814. The van der Waals surface area contributed by atoms with Crippen LogP contribution in [0.25, 0.3) is 10.9 Å². The van der Waals surface area contributed by atoms with Crippen molar-refractivity contribution in [2.45, 2.75) is 6.92 Å². The quantitative estimate of drug-likeness (QED) is 0.512. The fraction of sp³-hybridized carbons (Fsp3) is 0.100. The summed E-state index contributed by atoms with van der Waals surface area (Å²) in [7, 11) is 0. The molecule has 3 heteroatoms. The molecule has 66 valence electrons. The topological polar surface area (TPSA) is 58.9 Å². The number of nitrogens with one attached hydrogen (secondary N) is 1. The van der Waals surface area contributed by atoms with Crippen molar-refractivity contribution in [3.63, 3.8) is 0 Å². The second-order valence-electron chi connectivity index (χ2n) is 3.05. The Kier molecular flexibility index (Phi) is 1.59. The fourth-order valence-electron chi connectivity index (χ4n) is 1.51. The highest BCUT2D eigenvalue weighted by atomic mass is 16.1. The Labute approximate surface area is 75.6 Å². The lowest BCUT2D eigenvalue weighted by molar-refractivity contribution is 0.111. The molecule has 1 aromatic heterocycles. The third-order valence-corrected chi connectivity index (χ3v) is 2.28. The molecule has 3 N–H and O–H groups in total. The van der Waals surface area contributed by atoms with E-state index in [4.69, 9.17) is 5.73 Å². The summed E-state index contributed by atoms with van der Waals surface area (Å²) in [5.74, 6) is 0. The minimum Gasteiger partial charge on any atom is -0.397 e.